The molecular weight excluding hydrogens is 584 g/mol. The summed E-state index contributed by atoms with van der Waals surface area (Å²) in [5.41, 5.74) is 11.2. The number of phenols is 2. The number of nitrogens with one attached hydrogen (secondary N) is 4. The Hall–Kier alpha value is -4.08. The Kier molecular flexibility index (Phi) is 17.3. The van der Waals surface area contributed by atoms with Crippen LogP contribution in [0.1, 0.15) is 137 Å². The van der Waals surface area contributed by atoms with Gasteiger partial charge < -0.3 is 10.2 Å². The van der Waals surface area contributed by atoms with Crippen LogP contribution in [-0.4, -0.2) is 33.8 Å². The third-order valence-electron chi connectivity index (χ3n) is 8.30. The summed E-state index contributed by atoms with van der Waals surface area (Å²) in [4.78, 5) is 52.8. The topological polar surface area (TPSA) is 157 Å². The van der Waals surface area contributed by atoms with Crippen molar-refractivity contribution >= 4 is 23.6 Å². The summed E-state index contributed by atoms with van der Waals surface area (Å²) in [6.07, 6.45) is 11.0. The van der Waals surface area contributed by atoms with Gasteiger partial charge in [-0.2, -0.15) is 0 Å². The van der Waals surface area contributed by atoms with Crippen molar-refractivity contribution in [3.63, 3.8) is 0 Å². The number of rotatable bonds is 19. The first-order valence-electron chi connectivity index (χ1n) is 17.0. The zero-order chi connectivity index (χ0) is 33.9. The number of carbonyl (C=O) groups excluding carboxylic acids is 4. The van der Waals surface area contributed by atoms with E-state index in [1.807, 2.05) is 13.8 Å². The van der Waals surface area contributed by atoms with Crippen LogP contribution in [0.15, 0.2) is 36.4 Å². The molecule has 0 saturated heterocycles. The van der Waals surface area contributed by atoms with Gasteiger partial charge in [0.15, 0.2) is 0 Å². The van der Waals surface area contributed by atoms with Crippen LogP contribution >= 0.6 is 0 Å². The molecular formula is C36H54N4O6. The van der Waals surface area contributed by atoms with E-state index in [2.05, 4.69) is 35.6 Å². The quantitative estimate of drug-likeness (QED) is 0.0773. The molecule has 46 heavy (non-hydrogen) atoms. The van der Waals surface area contributed by atoms with Crippen molar-refractivity contribution in [2.45, 2.75) is 118 Å². The molecule has 0 aliphatic carbocycles. The minimum Gasteiger partial charge on any atom is -0.507 e. The van der Waals surface area contributed by atoms with E-state index in [0.717, 1.165) is 51.4 Å². The average molecular weight is 639 g/mol. The van der Waals surface area contributed by atoms with Gasteiger partial charge in [-0.3, -0.25) is 40.9 Å². The summed E-state index contributed by atoms with van der Waals surface area (Å²) in [6.45, 7) is 8.12. The van der Waals surface area contributed by atoms with Gasteiger partial charge in [-0.05, 0) is 61.8 Å². The molecule has 2 rings (SSSR count). The second-order valence-electron chi connectivity index (χ2n) is 11.9. The van der Waals surface area contributed by atoms with E-state index >= 15 is 0 Å². The standard InChI is InChI=1S/C36H54N4O6/c1-5-9-12-18-25-20-15-23-29(31(25)41)35(45)39-37-33(43)27(17-8-4)28(22-14-11-7-3)34(44)38-40-36(46)30-24-16-21-26(32(30)42)19-13-10-6-2/h15-16,20-21,23-24,27-28,41-42H,5-14,17-19,22H2,1-4H3,(H,37,43)(H,38,44)(H,39,45)(H,40,46). The van der Waals surface area contributed by atoms with Crippen LogP contribution < -0.4 is 21.7 Å². The summed E-state index contributed by atoms with van der Waals surface area (Å²) in [7, 11) is 0. The Morgan fingerprint density at radius 3 is 1.37 bits per heavy atom. The van der Waals surface area contributed by atoms with E-state index in [4.69, 9.17) is 0 Å². The Labute approximate surface area is 274 Å². The van der Waals surface area contributed by atoms with Crippen LogP contribution in [0.5, 0.6) is 11.5 Å². The zero-order valence-electron chi connectivity index (χ0n) is 28.0. The highest BCUT2D eigenvalue weighted by Gasteiger charge is 2.33. The van der Waals surface area contributed by atoms with E-state index in [-0.39, 0.29) is 22.6 Å². The normalized spacial score (nSPS) is 12.2. The monoisotopic (exact) mass is 638 g/mol. The van der Waals surface area contributed by atoms with E-state index in [9.17, 15) is 29.4 Å². The third-order valence-corrected chi connectivity index (χ3v) is 8.30. The maximum absolute atomic E-state index is 13.5. The number of hydrazine groups is 2. The maximum atomic E-state index is 13.5. The lowest BCUT2D eigenvalue weighted by atomic mass is 9.83. The number of aryl methyl sites for hydroxylation is 2. The number of aromatic hydroxyl groups is 2. The van der Waals surface area contributed by atoms with Crippen molar-refractivity contribution in [2.75, 3.05) is 0 Å². The van der Waals surface area contributed by atoms with Gasteiger partial charge in [0, 0.05) is 0 Å². The fourth-order valence-electron chi connectivity index (χ4n) is 5.60. The Balaban J connectivity index is 2.13. The summed E-state index contributed by atoms with van der Waals surface area (Å²) in [6, 6.07) is 9.94. The van der Waals surface area contributed by atoms with Gasteiger partial charge >= 0.3 is 0 Å². The lowest BCUT2D eigenvalue weighted by Crippen LogP contribution is -2.51. The van der Waals surface area contributed by atoms with Gasteiger partial charge in [-0.25, -0.2) is 0 Å². The van der Waals surface area contributed by atoms with Crippen molar-refractivity contribution < 1.29 is 29.4 Å². The lowest BCUT2D eigenvalue weighted by molar-refractivity contribution is -0.136. The minimum atomic E-state index is -0.789. The van der Waals surface area contributed by atoms with Gasteiger partial charge in [0.1, 0.15) is 11.5 Å². The van der Waals surface area contributed by atoms with Crippen LogP contribution in [-0.2, 0) is 22.4 Å². The molecule has 4 amide bonds. The van der Waals surface area contributed by atoms with Crippen molar-refractivity contribution in [1.29, 1.82) is 0 Å². The highest BCUT2D eigenvalue weighted by Crippen LogP contribution is 2.27. The van der Waals surface area contributed by atoms with E-state index in [0.29, 0.717) is 49.7 Å². The van der Waals surface area contributed by atoms with Crippen LogP contribution in [0.2, 0.25) is 0 Å². The summed E-state index contributed by atoms with van der Waals surface area (Å²) >= 11 is 0. The van der Waals surface area contributed by atoms with Crippen molar-refractivity contribution in [3.8, 4) is 11.5 Å². The molecule has 0 aromatic heterocycles. The molecule has 6 N–H and O–H groups in total. The molecule has 0 aliphatic rings. The number of unbranched alkanes of at least 4 members (excludes halogenated alkanes) is 6. The second kappa shape index (κ2) is 20.9. The number of hydrogen-bond donors (Lipinski definition) is 6. The largest absolute Gasteiger partial charge is 0.507 e. The number of benzene rings is 2. The number of phenolic OH excluding ortho intramolecular Hbond substituents is 2. The molecule has 2 aromatic carbocycles. The predicted molar refractivity (Wildman–Crippen MR) is 180 cm³/mol. The van der Waals surface area contributed by atoms with E-state index in [1.165, 1.54) is 12.1 Å². The molecule has 10 heteroatoms. The number of carbonyl (C=O) groups is 4. The van der Waals surface area contributed by atoms with Crippen molar-refractivity contribution in [3.05, 3.63) is 58.7 Å². The van der Waals surface area contributed by atoms with Crippen molar-refractivity contribution in [2.24, 2.45) is 11.8 Å². The molecule has 0 spiro atoms. The Morgan fingerprint density at radius 1 is 0.543 bits per heavy atom. The van der Waals surface area contributed by atoms with Crippen LogP contribution in [0, 0.1) is 11.8 Å². The first-order chi connectivity index (χ1) is 22.2. The van der Waals surface area contributed by atoms with Gasteiger partial charge in [-0.15, -0.1) is 0 Å². The SMILES string of the molecule is CCCCCc1cccc(C(=O)NNC(=O)C(CCC)C(CCCCC)C(=O)NNC(=O)c2cccc(CCCCC)c2O)c1O. The summed E-state index contributed by atoms with van der Waals surface area (Å²) in [5, 5.41) is 21.4. The van der Waals surface area contributed by atoms with Crippen molar-refractivity contribution in [1.82, 2.24) is 21.7 Å². The van der Waals surface area contributed by atoms with Gasteiger partial charge in [0.2, 0.25) is 11.8 Å². The zero-order valence-corrected chi connectivity index (χ0v) is 28.0. The predicted octanol–water partition coefficient (Wildman–Crippen LogP) is 6.40. The highest BCUT2D eigenvalue weighted by molar-refractivity contribution is 5.99. The molecule has 2 unspecified atom stereocenters. The average Bonchev–Trinajstić information content (AvgIpc) is 3.05. The van der Waals surface area contributed by atoms with Crippen LogP contribution in [0.3, 0.4) is 0 Å². The molecule has 0 fully saturated rings. The lowest BCUT2D eigenvalue weighted by Gasteiger charge is -2.26. The molecule has 0 saturated carbocycles. The Morgan fingerprint density at radius 2 is 0.957 bits per heavy atom. The molecule has 0 aliphatic heterocycles. The van der Waals surface area contributed by atoms with Crippen LogP contribution in [0.4, 0.5) is 0 Å². The smallest absolute Gasteiger partial charge is 0.273 e. The molecule has 2 atom stereocenters. The fourth-order valence-corrected chi connectivity index (χ4v) is 5.60. The van der Waals surface area contributed by atoms with Crippen LogP contribution in [0.25, 0.3) is 0 Å². The van der Waals surface area contributed by atoms with Gasteiger partial charge in [0.05, 0.1) is 23.0 Å². The van der Waals surface area contributed by atoms with E-state index < -0.39 is 35.5 Å². The molecule has 10 nitrogen and oxygen atoms in total. The number of amides is 4. The molecule has 0 radical (unpaired) electrons. The fraction of sp³-hybridized carbons (Fsp3) is 0.556. The third kappa shape index (κ3) is 11.7. The second-order valence-corrected chi connectivity index (χ2v) is 11.9. The Bertz CT molecular complexity index is 1280. The highest BCUT2D eigenvalue weighted by atomic mass is 16.3. The number of hydrogen-bond acceptors (Lipinski definition) is 6. The molecule has 2 aromatic rings. The first-order valence-corrected chi connectivity index (χ1v) is 17.0. The summed E-state index contributed by atoms with van der Waals surface area (Å²) in [5.74, 6) is -4.17. The van der Waals surface area contributed by atoms with Gasteiger partial charge in [-0.1, -0.05) is 103 Å². The molecule has 0 heterocycles. The molecule has 0 bridgehead atoms. The minimum absolute atomic E-state index is 0.0546. The first kappa shape index (κ1) is 38.1. The molecule has 254 valence electrons. The maximum Gasteiger partial charge on any atom is 0.273 e. The number of para-hydroxylation sites is 2. The van der Waals surface area contributed by atoms with E-state index in [1.54, 1.807) is 24.3 Å². The van der Waals surface area contributed by atoms with Gasteiger partial charge in [0.25, 0.3) is 11.8 Å². The summed E-state index contributed by atoms with van der Waals surface area (Å²) < 4.78 is 0.